The molecular weight excluding hydrogens is 280 g/mol. The Balaban J connectivity index is 2.45. The predicted octanol–water partition coefficient (Wildman–Crippen LogP) is 5.11. The number of ether oxygens (including phenoxy) is 1. The third kappa shape index (κ3) is 3.76. The van der Waals surface area contributed by atoms with Gasteiger partial charge >= 0.3 is 0 Å². The minimum atomic E-state index is -0.000598. The van der Waals surface area contributed by atoms with E-state index < -0.39 is 0 Å². The van der Waals surface area contributed by atoms with Crippen molar-refractivity contribution in [2.75, 3.05) is 5.73 Å². The summed E-state index contributed by atoms with van der Waals surface area (Å²) in [5.41, 5.74) is 8.32. The molecule has 0 unspecified atom stereocenters. The zero-order valence-electron chi connectivity index (χ0n) is 13.7. The first kappa shape index (κ1) is 15.8. The highest BCUT2D eigenvalue weighted by molar-refractivity contribution is 7.17. The normalized spacial score (nSPS) is 12.5. The average molecular weight is 304 g/mol. The second-order valence-corrected chi connectivity index (χ2v) is 8.37. The Morgan fingerprint density at radius 2 is 1.71 bits per heavy atom. The first-order chi connectivity index (χ1) is 9.57. The van der Waals surface area contributed by atoms with Crippen LogP contribution in [0, 0.1) is 0 Å². The van der Waals surface area contributed by atoms with Crippen molar-refractivity contribution < 1.29 is 4.74 Å². The summed E-state index contributed by atoms with van der Waals surface area (Å²) in [6.07, 6.45) is 1.63. The largest absolute Gasteiger partial charge is 0.431 e. The molecule has 1 aromatic heterocycles. The highest BCUT2D eigenvalue weighted by Crippen LogP contribution is 2.38. The second kappa shape index (κ2) is 5.34. The fourth-order valence-electron chi connectivity index (χ4n) is 2.08. The number of hydrogen-bond donors (Lipinski definition) is 1. The first-order valence-corrected chi connectivity index (χ1v) is 7.93. The SMILES string of the molecule is CC(C)(C)c1ccc(Oc2ncc(N)s2)c(C(C)(C)C)c1. The Morgan fingerprint density at radius 3 is 2.19 bits per heavy atom. The maximum Gasteiger partial charge on any atom is 0.280 e. The van der Waals surface area contributed by atoms with Gasteiger partial charge in [-0.15, -0.1) is 0 Å². The van der Waals surface area contributed by atoms with E-state index in [0.29, 0.717) is 10.2 Å². The average Bonchev–Trinajstić information content (AvgIpc) is 2.72. The van der Waals surface area contributed by atoms with E-state index in [1.165, 1.54) is 22.5 Å². The van der Waals surface area contributed by atoms with Crippen molar-refractivity contribution in [3.63, 3.8) is 0 Å². The number of rotatable bonds is 2. The van der Waals surface area contributed by atoms with Crippen LogP contribution in [-0.2, 0) is 10.8 Å². The number of nitrogens with two attached hydrogens (primary N) is 1. The van der Waals surface area contributed by atoms with E-state index in [0.717, 1.165) is 5.75 Å². The van der Waals surface area contributed by atoms with E-state index >= 15 is 0 Å². The van der Waals surface area contributed by atoms with Crippen LogP contribution in [0.1, 0.15) is 52.7 Å². The lowest BCUT2D eigenvalue weighted by atomic mass is 9.80. The second-order valence-electron chi connectivity index (χ2n) is 7.34. The van der Waals surface area contributed by atoms with Crippen molar-refractivity contribution in [3.05, 3.63) is 35.5 Å². The van der Waals surface area contributed by atoms with Crippen LogP contribution in [0.5, 0.6) is 10.9 Å². The maximum absolute atomic E-state index is 5.95. The van der Waals surface area contributed by atoms with Crippen LogP contribution in [0.4, 0.5) is 5.00 Å². The van der Waals surface area contributed by atoms with Crippen LogP contribution in [0.15, 0.2) is 24.4 Å². The van der Waals surface area contributed by atoms with Gasteiger partial charge in [-0.3, -0.25) is 0 Å². The van der Waals surface area contributed by atoms with Crippen molar-refractivity contribution in [1.82, 2.24) is 4.98 Å². The van der Waals surface area contributed by atoms with E-state index in [1.807, 2.05) is 6.07 Å². The van der Waals surface area contributed by atoms with Gasteiger partial charge in [0.15, 0.2) is 0 Å². The summed E-state index contributed by atoms with van der Waals surface area (Å²) in [6.45, 7) is 13.2. The van der Waals surface area contributed by atoms with Crippen molar-refractivity contribution in [1.29, 1.82) is 0 Å². The quantitative estimate of drug-likeness (QED) is 0.838. The van der Waals surface area contributed by atoms with Crippen LogP contribution < -0.4 is 10.5 Å². The number of benzene rings is 1. The van der Waals surface area contributed by atoms with Gasteiger partial charge in [0.25, 0.3) is 5.19 Å². The molecule has 2 aromatic rings. The molecule has 0 atom stereocenters. The van der Waals surface area contributed by atoms with Gasteiger partial charge in [0, 0.05) is 5.56 Å². The molecule has 0 fully saturated rings. The molecule has 1 heterocycles. The molecule has 0 bridgehead atoms. The lowest BCUT2D eigenvalue weighted by Crippen LogP contribution is -2.17. The Kier molecular flexibility index (Phi) is 4.02. The number of aromatic nitrogens is 1. The van der Waals surface area contributed by atoms with Gasteiger partial charge in [-0.25, -0.2) is 4.98 Å². The monoisotopic (exact) mass is 304 g/mol. The molecule has 21 heavy (non-hydrogen) atoms. The van der Waals surface area contributed by atoms with Gasteiger partial charge in [-0.05, 0) is 22.5 Å². The number of hydrogen-bond acceptors (Lipinski definition) is 4. The summed E-state index contributed by atoms with van der Waals surface area (Å²) in [6, 6.07) is 6.41. The minimum Gasteiger partial charge on any atom is -0.431 e. The van der Waals surface area contributed by atoms with Crippen molar-refractivity contribution in [3.8, 4) is 10.9 Å². The molecule has 0 amide bonds. The van der Waals surface area contributed by atoms with E-state index in [4.69, 9.17) is 10.5 Å². The first-order valence-electron chi connectivity index (χ1n) is 7.11. The molecule has 1 aromatic carbocycles. The van der Waals surface area contributed by atoms with Crippen LogP contribution in [0.25, 0.3) is 0 Å². The van der Waals surface area contributed by atoms with Gasteiger partial charge < -0.3 is 10.5 Å². The Labute approximate surface area is 131 Å². The van der Waals surface area contributed by atoms with E-state index in [1.54, 1.807) is 6.20 Å². The summed E-state index contributed by atoms with van der Waals surface area (Å²) in [7, 11) is 0. The molecule has 2 rings (SSSR count). The molecule has 0 aliphatic carbocycles. The Morgan fingerprint density at radius 1 is 1.05 bits per heavy atom. The zero-order chi connectivity index (χ0) is 15.8. The number of thiazole rings is 1. The fraction of sp³-hybridized carbons (Fsp3) is 0.471. The topological polar surface area (TPSA) is 48.1 Å². The third-order valence-corrected chi connectivity index (χ3v) is 4.06. The van der Waals surface area contributed by atoms with E-state index in [2.05, 4.69) is 58.7 Å². The van der Waals surface area contributed by atoms with Crippen LogP contribution in [-0.4, -0.2) is 4.98 Å². The van der Waals surface area contributed by atoms with Crippen LogP contribution in [0.3, 0.4) is 0 Å². The summed E-state index contributed by atoms with van der Waals surface area (Å²) in [5.74, 6) is 0.852. The molecule has 0 aliphatic heterocycles. The lowest BCUT2D eigenvalue weighted by molar-refractivity contribution is 0.450. The third-order valence-electron chi connectivity index (χ3n) is 3.35. The molecular formula is C17H24N2OS. The molecule has 0 saturated heterocycles. The van der Waals surface area contributed by atoms with Crippen molar-refractivity contribution >= 4 is 16.3 Å². The van der Waals surface area contributed by atoms with Gasteiger partial charge in [-0.2, -0.15) is 0 Å². The number of anilines is 1. The van der Waals surface area contributed by atoms with Crippen LogP contribution in [0.2, 0.25) is 0 Å². The highest BCUT2D eigenvalue weighted by Gasteiger charge is 2.23. The van der Waals surface area contributed by atoms with Crippen molar-refractivity contribution in [2.24, 2.45) is 0 Å². The smallest absolute Gasteiger partial charge is 0.280 e. The highest BCUT2D eigenvalue weighted by atomic mass is 32.1. The summed E-state index contributed by atoms with van der Waals surface area (Å²) < 4.78 is 5.95. The molecule has 4 heteroatoms. The van der Waals surface area contributed by atoms with Gasteiger partial charge in [0.1, 0.15) is 10.8 Å². The summed E-state index contributed by atoms with van der Waals surface area (Å²) in [5, 5.41) is 1.25. The lowest BCUT2D eigenvalue weighted by Gasteiger charge is -2.26. The van der Waals surface area contributed by atoms with Crippen LogP contribution >= 0.6 is 11.3 Å². The molecule has 114 valence electrons. The predicted molar refractivity (Wildman–Crippen MR) is 90.4 cm³/mol. The molecule has 2 N–H and O–H groups in total. The minimum absolute atomic E-state index is 0.000598. The van der Waals surface area contributed by atoms with E-state index in [-0.39, 0.29) is 10.8 Å². The Bertz CT molecular complexity index is 633. The molecule has 3 nitrogen and oxygen atoms in total. The molecule has 0 saturated carbocycles. The fourth-order valence-corrected chi connectivity index (χ4v) is 2.63. The summed E-state index contributed by atoms with van der Waals surface area (Å²) >= 11 is 1.36. The maximum atomic E-state index is 5.95. The molecule has 0 radical (unpaired) electrons. The number of nitrogen functional groups attached to an aromatic ring is 1. The van der Waals surface area contributed by atoms with Gasteiger partial charge in [0.2, 0.25) is 0 Å². The Hall–Kier alpha value is -1.55. The van der Waals surface area contributed by atoms with E-state index in [9.17, 15) is 0 Å². The van der Waals surface area contributed by atoms with Gasteiger partial charge in [-0.1, -0.05) is 65.0 Å². The van der Waals surface area contributed by atoms with Crippen molar-refractivity contribution in [2.45, 2.75) is 52.4 Å². The zero-order valence-corrected chi connectivity index (χ0v) is 14.5. The molecule has 0 spiro atoms. The number of nitrogens with zero attached hydrogens (tertiary/aromatic N) is 1. The molecule has 0 aliphatic rings. The van der Waals surface area contributed by atoms with Gasteiger partial charge in [0.05, 0.1) is 6.20 Å². The standard InChI is InChI=1S/C17H24N2OS/c1-16(2,3)11-7-8-13(12(9-11)17(4,5)6)20-15-19-10-14(18)21-15/h7-10H,18H2,1-6H3. The summed E-state index contributed by atoms with van der Waals surface area (Å²) in [4.78, 5) is 4.18.